The third kappa shape index (κ3) is 4.32. The second-order valence-corrected chi connectivity index (χ2v) is 4.82. The van der Waals surface area contributed by atoms with Crippen LogP contribution in [0.25, 0.3) is 0 Å². The van der Waals surface area contributed by atoms with E-state index in [4.69, 9.17) is 9.47 Å². The van der Waals surface area contributed by atoms with Crippen LogP contribution in [0, 0.1) is 6.92 Å². The van der Waals surface area contributed by atoms with Crippen molar-refractivity contribution in [3.63, 3.8) is 0 Å². The number of nitrogens with one attached hydrogen (secondary N) is 1. The molecule has 0 fully saturated rings. The third-order valence-corrected chi connectivity index (χ3v) is 3.06. The van der Waals surface area contributed by atoms with Crippen molar-refractivity contribution in [2.45, 2.75) is 20.4 Å². The van der Waals surface area contributed by atoms with Crippen molar-refractivity contribution in [1.29, 1.82) is 0 Å². The highest BCUT2D eigenvalue weighted by Gasteiger charge is 2.14. The lowest BCUT2D eigenvalue weighted by Crippen LogP contribution is -2.20. The molecule has 1 amide bonds. The second-order valence-electron chi connectivity index (χ2n) is 4.82. The molecule has 1 heterocycles. The number of aromatic nitrogens is 2. The molecule has 0 aliphatic carbocycles. The molecule has 122 valence electrons. The zero-order valence-corrected chi connectivity index (χ0v) is 13.3. The highest BCUT2D eigenvalue weighted by atomic mass is 16.5. The Kier molecular flexibility index (Phi) is 5.35. The number of nitrogens with zero attached hydrogens (tertiary/aromatic N) is 2. The van der Waals surface area contributed by atoms with E-state index in [1.807, 2.05) is 0 Å². The molecule has 0 aliphatic rings. The first-order chi connectivity index (χ1) is 11.0. The van der Waals surface area contributed by atoms with E-state index in [-0.39, 0.29) is 12.5 Å². The largest absolute Gasteiger partial charge is 0.497 e. The molecule has 7 nitrogen and oxygen atoms in total. The molecule has 23 heavy (non-hydrogen) atoms. The molecule has 2 aromatic rings. The van der Waals surface area contributed by atoms with Crippen LogP contribution in [0.5, 0.6) is 5.75 Å². The summed E-state index contributed by atoms with van der Waals surface area (Å²) in [6.45, 7) is 3.75. The monoisotopic (exact) mass is 317 g/mol. The van der Waals surface area contributed by atoms with Gasteiger partial charge in [-0.2, -0.15) is 5.10 Å². The summed E-state index contributed by atoms with van der Waals surface area (Å²) >= 11 is 0. The molecule has 0 unspecified atom stereocenters. The van der Waals surface area contributed by atoms with Crippen LogP contribution in [-0.2, 0) is 16.1 Å². The summed E-state index contributed by atoms with van der Waals surface area (Å²) in [5.41, 5.74) is 1.14. The Balaban J connectivity index is 2.15. The Hall–Kier alpha value is -2.83. The molecular formula is C16H19N3O4. The van der Waals surface area contributed by atoms with Crippen LogP contribution in [0.4, 0.5) is 5.82 Å². The number of aryl methyl sites for hydroxylation is 1. The van der Waals surface area contributed by atoms with Gasteiger partial charge in [-0.3, -0.25) is 9.59 Å². The van der Waals surface area contributed by atoms with Crippen LogP contribution in [0.15, 0.2) is 30.3 Å². The predicted molar refractivity (Wildman–Crippen MR) is 84.5 cm³/mol. The number of anilines is 1. The van der Waals surface area contributed by atoms with E-state index in [9.17, 15) is 9.59 Å². The van der Waals surface area contributed by atoms with E-state index in [1.54, 1.807) is 44.2 Å². The molecule has 1 aromatic carbocycles. The average Bonchev–Trinajstić information content (AvgIpc) is 2.86. The highest BCUT2D eigenvalue weighted by molar-refractivity contribution is 6.04. The lowest BCUT2D eigenvalue weighted by molar-refractivity contribution is -0.144. The Labute approximate surface area is 134 Å². The standard InChI is InChI=1S/C16H19N3O4/c1-4-23-15(20)10-19-14(8-11(2)18-19)17-16(21)12-6-5-7-13(9-12)22-3/h5-9H,4,10H2,1-3H3,(H,17,21). The van der Waals surface area contributed by atoms with Crippen LogP contribution in [0.3, 0.4) is 0 Å². The Morgan fingerprint density at radius 2 is 2.09 bits per heavy atom. The van der Waals surface area contributed by atoms with E-state index < -0.39 is 5.97 Å². The highest BCUT2D eigenvalue weighted by Crippen LogP contribution is 2.16. The summed E-state index contributed by atoms with van der Waals surface area (Å²) in [7, 11) is 1.54. The van der Waals surface area contributed by atoms with Gasteiger partial charge in [0.1, 0.15) is 18.1 Å². The quantitative estimate of drug-likeness (QED) is 0.824. The molecule has 0 spiro atoms. The number of carbonyl (C=O) groups excluding carboxylic acids is 2. The van der Waals surface area contributed by atoms with Crippen molar-refractivity contribution >= 4 is 17.7 Å². The second kappa shape index (κ2) is 7.44. The number of rotatable bonds is 6. The van der Waals surface area contributed by atoms with Crippen molar-refractivity contribution in [2.24, 2.45) is 0 Å². The number of hydrogen-bond donors (Lipinski definition) is 1. The van der Waals surface area contributed by atoms with Crippen LogP contribution in [-0.4, -0.2) is 35.4 Å². The minimum Gasteiger partial charge on any atom is -0.497 e. The van der Waals surface area contributed by atoms with E-state index >= 15 is 0 Å². The van der Waals surface area contributed by atoms with Gasteiger partial charge in [-0.15, -0.1) is 0 Å². The van der Waals surface area contributed by atoms with Crippen molar-refractivity contribution < 1.29 is 19.1 Å². The minimum atomic E-state index is -0.410. The molecule has 0 radical (unpaired) electrons. The fourth-order valence-corrected chi connectivity index (χ4v) is 2.05. The molecule has 1 N–H and O–H groups in total. The van der Waals surface area contributed by atoms with Crippen LogP contribution < -0.4 is 10.1 Å². The van der Waals surface area contributed by atoms with Crippen LogP contribution >= 0.6 is 0 Å². The van der Waals surface area contributed by atoms with Crippen molar-refractivity contribution in [1.82, 2.24) is 9.78 Å². The summed E-state index contributed by atoms with van der Waals surface area (Å²) in [4.78, 5) is 23.9. The van der Waals surface area contributed by atoms with Crippen LogP contribution in [0.1, 0.15) is 23.0 Å². The van der Waals surface area contributed by atoms with Crippen molar-refractivity contribution in [3.05, 3.63) is 41.6 Å². The lowest BCUT2D eigenvalue weighted by atomic mass is 10.2. The summed E-state index contributed by atoms with van der Waals surface area (Å²) in [6.07, 6.45) is 0. The zero-order chi connectivity index (χ0) is 16.8. The summed E-state index contributed by atoms with van der Waals surface area (Å²) in [6, 6.07) is 8.49. The molecule has 0 bridgehead atoms. The Morgan fingerprint density at radius 1 is 1.30 bits per heavy atom. The Morgan fingerprint density at radius 3 is 2.78 bits per heavy atom. The number of ether oxygens (including phenoxy) is 2. The van der Waals surface area contributed by atoms with E-state index in [1.165, 1.54) is 11.8 Å². The Bertz CT molecular complexity index is 709. The van der Waals surface area contributed by atoms with Gasteiger partial charge in [0.15, 0.2) is 0 Å². The van der Waals surface area contributed by atoms with Gasteiger partial charge in [-0.25, -0.2) is 4.68 Å². The van der Waals surface area contributed by atoms with Gasteiger partial charge < -0.3 is 14.8 Å². The number of amides is 1. The first-order valence-electron chi connectivity index (χ1n) is 7.19. The van der Waals surface area contributed by atoms with Gasteiger partial charge in [0, 0.05) is 11.6 Å². The van der Waals surface area contributed by atoms with Crippen molar-refractivity contribution in [3.8, 4) is 5.75 Å². The van der Waals surface area contributed by atoms with E-state index in [0.29, 0.717) is 29.4 Å². The fraction of sp³-hybridized carbons (Fsp3) is 0.312. The number of carbonyl (C=O) groups is 2. The number of benzene rings is 1. The summed E-state index contributed by atoms with van der Waals surface area (Å²) in [5, 5.41) is 6.93. The normalized spacial score (nSPS) is 10.2. The topological polar surface area (TPSA) is 82.5 Å². The maximum Gasteiger partial charge on any atom is 0.327 e. The number of methoxy groups -OCH3 is 1. The third-order valence-electron chi connectivity index (χ3n) is 3.06. The maximum absolute atomic E-state index is 12.3. The average molecular weight is 317 g/mol. The molecular weight excluding hydrogens is 298 g/mol. The number of esters is 1. The molecule has 0 aliphatic heterocycles. The first-order valence-corrected chi connectivity index (χ1v) is 7.19. The maximum atomic E-state index is 12.3. The van der Waals surface area contributed by atoms with Gasteiger partial charge in [0.25, 0.3) is 5.91 Å². The summed E-state index contributed by atoms with van der Waals surface area (Å²) in [5.74, 6) is 0.304. The molecule has 0 saturated heterocycles. The molecule has 2 rings (SSSR count). The molecule has 0 atom stereocenters. The zero-order valence-electron chi connectivity index (χ0n) is 13.3. The minimum absolute atomic E-state index is 0.0601. The molecule has 7 heteroatoms. The fourth-order valence-electron chi connectivity index (χ4n) is 2.05. The molecule has 0 saturated carbocycles. The number of hydrogen-bond acceptors (Lipinski definition) is 5. The van der Waals surface area contributed by atoms with Gasteiger partial charge in [0.05, 0.1) is 19.4 Å². The van der Waals surface area contributed by atoms with Crippen molar-refractivity contribution in [2.75, 3.05) is 19.0 Å². The predicted octanol–water partition coefficient (Wildman–Crippen LogP) is 2.02. The van der Waals surface area contributed by atoms with Crippen LogP contribution in [0.2, 0.25) is 0 Å². The van der Waals surface area contributed by atoms with E-state index in [0.717, 1.165) is 0 Å². The van der Waals surface area contributed by atoms with E-state index in [2.05, 4.69) is 10.4 Å². The van der Waals surface area contributed by atoms with Gasteiger partial charge >= 0.3 is 5.97 Å². The van der Waals surface area contributed by atoms with Gasteiger partial charge in [-0.05, 0) is 32.0 Å². The SMILES string of the molecule is CCOC(=O)Cn1nc(C)cc1NC(=O)c1cccc(OC)c1. The smallest absolute Gasteiger partial charge is 0.327 e. The first kappa shape index (κ1) is 16.5. The summed E-state index contributed by atoms with van der Waals surface area (Å²) < 4.78 is 11.4. The molecule has 1 aromatic heterocycles. The lowest BCUT2D eigenvalue weighted by Gasteiger charge is -2.09. The van der Waals surface area contributed by atoms with Gasteiger partial charge in [0.2, 0.25) is 0 Å². The van der Waals surface area contributed by atoms with Gasteiger partial charge in [-0.1, -0.05) is 6.07 Å².